The van der Waals surface area contributed by atoms with Gasteiger partial charge in [0.1, 0.15) is 11.5 Å². The van der Waals surface area contributed by atoms with Gasteiger partial charge in [-0.25, -0.2) is 0 Å². The molecule has 0 saturated carbocycles. The molecule has 1 heterocycles. The van der Waals surface area contributed by atoms with Gasteiger partial charge in [0, 0.05) is 19.1 Å². The fraction of sp³-hybridized carbons (Fsp3) is 0.333. The van der Waals surface area contributed by atoms with E-state index in [9.17, 15) is 14.7 Å². The van der Waals surface area contributed by atoms with Crippen molar-refractivity contribution in [2.24, 2.45) is 0 Å². The van der Waals surface area contributed by atoms with Crippen LogP contribution < -0.4 is 10.1 Å². The highest BCUT2D eigenvalue weighted by atomic mass is 35.5. The maximum Gasteiger partial charge on any atom is 0.263 e. The van der Waals surface area contributed by atoms with Gasteiger partial charge in [0.05, 0.1) is 10.6 Å². The third-order valence-electron chi connectivity index (χ3n) is 4.76. The average molecular weight is 403 g/mol. The number of halogens is 1. The Morgan fingerprint density at radius 2 is 1.79 bits per heavy atom. The van der Waals surface area contributed by atoms with Crippen LogP contribution in [0.25, 0.3) is 0 Å². The molecule has 0 spiro atoms. The second-order valence-electron chi connectivity index (χ2n) is 6.81. The van der Waals surface area contributed by atoms with E-state index in [0.717, 1.165) is 0 Å². The first-order valence-electron chi connectivity index (χ1n) is 9.24. The summed E-state index contributed by atoms with van der Waals surface area (Å²) in [7, 11) is 0. The van der Waals surface area contributed by atoms with Crippen LogP contribution in [-0.4, -0.2) is 47.1 Å². The lowest BCUT2D eigenvalue weighted by molar-refractivity contribution is -0.139. The fourth-order valence-corrected chi connectivity index (χ4v) is 3.41. The largest absolute Gasteiger partial charge is 0.508 e. The summed E-state index contributed by atoms with van der Waals surface area (Å²) in [4.78, 5) is 26.7. The molecule has 6 nitrogen and oxygen atoms in total. The topological polar surface area (TPSA) is 78.9 Å². The van der Waals surface area contributed by atoms with Gasteiger partial charge in [0.15, 0.2) is 6.10 Å². The number of hydrogen-bond donors (Lipinski definition) is 2. The number of carbonyl (C=O) groups excluding carboxylic acids is 2. The molecule has 1 atom stereocenters. The monoisotopic (exact) mass is 402 g/mol. The number of phenols is 1. The SMILES string of the molecule is CC(Oc1ccc(O)cc1)C(=O)N1CCC(NC(=O)c2ccccc2Cl)CC1. The first-order valence-corrected chi connectivity index (χ1v) is 9.61. The number of likely N-dealkylation sites (tertiary alicyclic amines) is 1. The van der Waals surface area contributed by atoms with Crippen LogP contribution in [-0.2, 0) is 4.79 Å². The number of rotatable bonds is 5. The Morgan fingerprint density at radius 3 is 2.43 bits per heavy atom. The molecule has 0 aromatic heterocycles. The van der Waals surface area contributed by atoms with Crippen molar-refractivity contribution < 1.29 is 19.4 Å². The number of piperidine rings is 1. The lowest BCUT2D eigenvalue weighted by atomic mass is 10.0. The molecule has 0 aliphatic carbocycles. The van der Waals surface area contributed by atoms with Crippen molar-refractivity contribution in [3.05, 3.63) is 59.1 Å². The second kappa shape index (κ2) is 8.97. The smallest absolute Gasteiger partial charge is 0.263 e. The van der Waals surface area contributed by atoms with Crippen LogP contribution in [0, 0.1) is 0 Å². The van der Waals surface area contributed by atoms with Crippen molar-refractivity contribution in [3.63, 3.8) is 0 Å². The number of phenolic OH excluding ortho intramolecular Hbond substituents is 1. The Bertz CT molecular complexity index is 833. The summed E-state index contributed by atoms with van der Waals surface area (Å²) in [6.45, 7) is 2.81. The summed E-state index contributed by atoms with van der Waals surface area (Å²) in [6, 6.07) is 13.2. The summed E-state index contributed by atoms with van der Waals surface area (Å²) in [6.07, 6.45) is 0.723. The summed E-state index contributed by atoms with van der Waals surface area (Å²) < 4.78 is 5.66. The van der Waals surface area contributed by atoms with Crippen molar-refractivity contribution in [2.45, 2.75) is 31.9 Å². The van der Waals surface area contributed by atoms with Crippen molar-refractivity contribution in [3.8, 4) is 11.5 Å². The second-order valence-corrected chi connectivity index (χ2v) is 7.21. The molecule has 1 aliphatic rings. The molecular formula is C21H23ClN2O4. The van der Waals surface area contributed by atoms with E-state index in [0.29, 0.717) is 42.3 Å². The Hall–Kier alpha value is -2.73. The molecule has 0 radical (unpaired) electrons. The molecule has 0 bridgehead atoms. The summed E-state index contributed by atoms with van der Waals surface area (Å²) in [5, 5.41) is 12.7. The minimum absolute atomic E-state index is 0.00106. The molecule has 1 saturated heterocycles. The molecule has 148 valence electrons. The minimum Gasteiger partial charge on any atom is -0.508 e. The van der Waals surface area contributed by atoms with E-state index < -0.39 is 6.10 Å². The van der Waals surface area contributed by atoms with Gasteiger partial charge in [-0.3, -0.25) is 9.59 Å². The van der Waals surface area contributed by atoms with Crippen LogP contribution in [0.1, 0.15) is 30.1 Å². The van der Waals surface area contributed by atoms with Gasteiger partial charge in [0.25, 0.3) is 11.8 Å². The zero-order valence-corrected chi connectivity index (χ0v) is 16.4. The highest BCUT2D eigenvalue weighted by Crippen LogP contribution is 2.20. The molecule has 3 rings (SSSR count). The number of aromatic hydroxyl groups is 1. The summed E-state index contributed by atoms with van der Waals surface area (Å²) in [5.74, 6) is 0.385. The molecule has 2 amide bonds. The Balaban J connectivity index is 1.49. The van der Waals surface area contributed by atoms with Crippen LogP contribution >= 0.6 is 11.6 Å². The van der Waals surface area contributed by atoms with E-state index >= 15 is 0 Å². The number of benzene rings is 2. The molecule has 2 aromatic carbocycles. The van der Waals surface area contributed by atoms with Gasteiger partial charge in [-0.2, -0.15) is 0 Å². The van der Waals surface area contributed by atoms with Crippen LogP contribution in [0.5, 0.6) is 11.5 Å². The first kappa shape index (κ1) is 20.0. The molecule has 1 aliphatic heterocycles. The fourth-order valence-electron chi connectivity index (χ4n) is 3.19. The molecule has 28 heavy (non-hydrogen) atoms. The third kappa shape index (κ3) is 4.95. The zero-order valence-electron chi connectivity index (χ0n) is 15.6. The van der Waals surface area contributed by atoms with E-state index in [1.54, 1.807) is 48.2 Å². The summed E-state index contributed by atoms with van der Waals surface area (Å²) in [5.41, 5.74) is 0.457. The number of hydrogen-bond acceptors (Lipinski definition) is 4. The molecule has 7 heteroatoms. The van der Waals surface area contributed by atoms with Gasteiger partial charge >= 0.3 is 0 Å². The Kier molecular flexibility index (Phi) is 6.41. The van der Waals surface area contributed by atoms with E-state index in [2.05, 4.69) is 5.32 Å². The van der Waals surface area contributed by atoms with Crippen LogP contribution in [0.2, 0.25) is 5.02 Å². The molecule has 1 fully saturated rings. The van der Waals surface area contributed by atoms with Crippen LogP contribution in [0.3, 0.4) is 0 Å². The van der Waals surface area contributed by atoms with Crippen molar-refractivity contribution in [1.82, 2.24) is 10.2 Å². The summed E-state index contributed by atoms with van der Waals surface area (Å²) >= 11 is 6.07. The maximum atomic E-state index is 12.6. The zero-order chi connectivity index (χ0) is 20.1. The highest BCUT2D eigenvalue weighted by Gasteiger charge is 2.28. The van der Waals surface area contributed by atoms with Crippen molar-refractivity contribution in [1.29, 1.82) is 0 Å². The van der Waals surface area contributed by atoms with Crippen LogP contribution in [0.15, 0.2) is 48.5 Å². The normalized spacial score (nSPS) is 15.7. The first-order chi connectivity index (χ1) is 13.4. The van der Waals surface area contributed by atoms with E-state index in [-0.39, 0.29) is 23.6 Å². The number of ether oxygens (including phenoxy) is 1. The number of nitrogens with one attached hydrogen (secondary N) is 1. The number of carbonyl (C=O) groups is 2. The van der Waals surface area contributed by atoms with Gasteiger partial charge in [-0.05, 0) is 56.2 Å². The van der Waals surface area contributed by atoms with E-state index in [1.165, 1.54) is 12.1 Å². The van der Waals surface area contributed by atoms with Crippen LogP contribution in [0.4, 0.5) is 0 Å². The number of amides is 2. The Morgan fingerprint density at radius 1 is 1.14 bits per heavy atom. The van der Waals surface area contributed by atoms with Gasteiger partial charge in [0.2, 0.25) is 0 Å². The highest BCUT2D eigenvalue weighted by molar-refractivity contribution is 6.33. The Labute approximate surface area is 169 Å². The lowest BCUT2D eigenvalue weighted by Crippen LogP contribution is -2.49. The molecular weight excluding hydrogens is 380 g/mol. The van der Waals surface area contributed by atoms with Crippen molar-refractivity contribution >= 4 is 23.4 Å². The van der Waals surface area contributed by atoms with Gasteiger partial charge < -0.3 is 20.1 Å². The van der Waals surface area contributed by atoms with Gasteiger partial charge in [-0.15, -0.1) is 0 Å². The predicted molar refractivity (Wildman–Crippen MR) is 107 cm³/mol. The lowest BCUT2D eigenvalue weighted by Gasteiger charge is -2.33. The van der Waals surface area contributed by atoms with Crippen molar-refractivity contribution in [2.75, 3.05) is 13.1 Å². The van der Waals surface area contributed by atoms with E-state index in [4.69, 9.17) is 16.3 Å². The maximum absolute atomic E-state index is 12.6. The molecule has 2 aromatic rings. The molecule has 2 N–H and O–H groups in total. The quantitative estimate of drug-likeness (QED) is 0.804. The molecule has 1 unspecified atom stereocenters. The van der Waals surface area contributed by atoms with E-state index in [1.807, 2.05) is 0 Å². The minimum atomic E-state index is -0.626. The standard InChI is InChI=1S/C21H23ClN2O4/c1-14(28-17-8-6-16(25)7-9-17)21(27)24-12-10-15(11-13-24)23-20(26)18-4-2-3-5-19(18)22/h2-9,14-15,25H,10-13H2,1H3,(H,23,26). The average Bonchev–Trinajstić information content (AvgIpc) is 2.70. The predicted octanol–water partition coefficient (Wildman–Crippen LogP) is 3.23. The number of nitrogens with zero attached hydrogens (tertiary/aromatic N) is 1. The van der Waals surface area contributed by atoms with Gasteiger partial charge in [-0.1, -0.05) is 23.7 Å². The third-order valence-corrected chi connectivity index (χ3v) is 5.09.